The number of rotatable bonds is 6. The van der Waals surface area contributed by atoms with E-state index in [9.17, 15) is 9.59 Å². The van der Waals surface area contributed by atoms with E-state index in [-0.39, 0.29) is 6.61 Å². The SMILES string of the molecule is COC(=O)C(OC/C=C/c1ccccc1)C(=O)OC. The van der Waals surface area contributed by atoms with Gasteiger partial charge in [-0.05, 0) is 5.56 Å². The topological polar surface area (TPSA) is 61.8 Å². The predicted molar refractivity (Wildman–Crippen MR) is 69.2 cm³/mol. The molecular formula is C14H16O5. The van der Waals surface area contributed by atoms with Gasteiger partial charge in [-0.2, -0.15) is 0 Å². The highest BCUT2D eigenvalue weighted by Crippen LogP contribution is 2.02. The summed E-state index contributed by atoms with van der Waals surface area (Å²) in [6.07, 6.45) is 2.18. The molecule has 0 saturated heterocycles. The number of hydrogen-bond donors (Lipinski definition) is 0. The van der Waals surface area contributed by atoms with Gasteiger partial charge in [0.2, 0.25) is 0 Å². The summed E-state index contributed by atoms with van der Waals surface area (Å²) in [5.41, 5.74) is 0.999. The number of benzene rings is 1. The third kappa shape index (κ3) is 4.93. The van der Waals surface area contributed by atoms with Crippen LogP contribution >= 0.6 is 0 Å². The van der Waals surface area contributed by atoms with E-state index in [0.29, 0.717) is 0 Å². The normalized spacial score (nSPS) is 10.7. The van der Waals surface area contributed by atoms with Gasteiger partial charge in [0.15, 0.2) is 0 Å². The molecule has 0 aliphatic carbocycles. The highest BCUT2D eigenvalue weighted by molar-refractivity contribution is 5.97. The Hall–Kier alpha value is -2.14. The average molecular weight is 264 g/mol. The van der Waals surface area contributed by atoms with Gasteiger partial charge in [-0.3, -0.25) is 0 Å². The largest absolute Gasteiger partial charge is 0.467 e. The second-order valence-corrected chi connectivity index (χ2v) is 3.57. The molecule has 0 aliphatic heterocycles. The first-order valence-corrected chi connectivity index (χ1v) is 5.68. The molecule has 0 bridgehead atoms. The van der Waals surface area contributed by atoms with Crippen LogP contribution < -0.4 is 0 Å². The molecule has 5 nitrogen and oxygen atoms in total. The van der Waals surface area contributed by atoms with E-state index in [1.165, 1.54) is 14.2 Å². The molecule has 0 fully saturated rings. The number of hydrogen-bond acceptors (Lipinski definition) is 5. The molecule has 0 radical (unpaired) electrons. The molecule has 1 aromatic rings. The van der Waals surface area contributed by atoms with E-state index in [0.717, 1.165) is 5.56 Å². The zero-order valence-electron chi connectivity index (χ0n) is 10.9. The molecule has 0 atom stereocenters. The fraction of sp³-hybridized carbons (Fsp3) is 0.286. The summed E-state index contributed by atoms with van der Waals surface area (Å²) in [7, 11) is 2.36. The molecule has 5 heteroatoms. The molecule has 0 N–H and O–H groups in total. The molecule has 1 aromatic carbocycles. The Balaban J connectivity index is 2.51. The van der Waals surface area contributed by atoms with Crippen LogP contribution in [0.4, 0.5) is 0 Å². The molecule has 0 amide bonds. The number of methoxy groups -OCH3 is 2. The van der Waals surface area contributed by atoms with Gasteiger partial charge in [0.25, 0.3) is 6.10 Å². The van der Waals surface area contributed by atoms with Crippen LogP contribution in [0.25, 0.3) is 6.08 Å². The molecular weight excluding hydrogens is 248 g/mol. The Morgan fingerprint density at radius 3 is 2.21 bits per heavy atom. The quantitative estimate of drug-likeness (QED) is 0.574. The molecule has 0 aliphatic rings. The van der Waals surface area contributed by atoms with Gasteiger partial charge < -0.3 is 14.2 Å². The van der Waals surface area contributed by atoms with Crippen LogP contribution in [0.5, 0.6) is 0 Å². The van der Waals surface area contributed by atoms with Crippen LogP contribution in [0, 0.1) is 0 Å². The number of ether oxygens (including phenoxy) is 3. The number of carbonyl (C=O) groups is 2. The smallest absolute Gasteiger partial charge is 0.346 e. The van der Waals surface area contributed by atoms with Crippen molar-refractivity contribution in [3.8, 4) is 0 Å². The first kappa shape index (κ1) is 14.9. The summed E-state index contributed by atoms with van der Waals surface area (Å²) in [6, 6.07) is 9.58. The fourth-order valence-electron chi connectivity index (χ4n) is 1.35. The lowest BCUT2D eigenvalue weighted by molar-refractivity contribution is -0.169. The van der Waals surface area contributed by atoms with E-state index in [1.54, 1.807) is 6.08 Å². The summed E-state index contributed by atoms with van der Waals surface area (Å²) < 4.78 is 14.1. The predicted octanol–water partition coefficient (Wildman–Crippen LogP) is 1.43. The van der Waals surface area contributed by atoms with Crippen molar-refractivity contribution in [2.24, 2.45) is 0 Å². The van der Waals surface area contributed by atoms with E-state index < -0.39 is 18.0 Å². The van der Waals surface area contributed by atoms with Crippen molar-refractivity contribution in [2.75, 3.05) is 20.8 Å². The van der Waals surface area contributed by atoms with Crippen molar-refractivity contribution in [1.29, 1.82) is 0 Å². The minimum atomic E-state index is -1.35. The van der Waals surface area contributed by atoms with Crippen molar-refractivity contribution in [1.82, 2.24) is 0 Å². The standard InChI is InChI=1S/C14H16O5/c1-17-13(15)12(14(16)18-2)19-10-6-9-11-7-4-3-5-8-11/h3-9,12H,10H2,1-2H3/b9-6+. The summed E-state index contributed by atoms with van der Waals surface area (Å²) in [5, 5.41) is 0. The second kappa shape index (κ2) is 8.05. The van der Waals surface area contributed by atoms with E-state index in [2.05, 4.69) is 9.47 Å². The first-order chi connectivity index (χ1) is 9.19. The minimum absolute atomic E-state index is 0.101. The highest BCUT2D eigenvalue weighted by Gasteiger charge is 2.29. The maximum absolute atomic E-state index is 11.3. The molecule has 102 valence electrons. The Morgan fingerprint density at radius 2 is 1.68 bits per heavy atom. The Bertz CT molecular complexity index is 422. The summed E-state index contributed by atoms with van der Waals surface area (Å²) >= 11 is 0. The zero-order chi connectivity index (χ0) is 14.1. The molecule has 0 heterocycles. The van der Waals surface area contributed by atoms with Crippen LogP contribution in [0.1, 0.15) is 5.56 Å². The third-order valence-corrected chi connectivity index (χ3v) is 2.30. The van der Waals surface area contributed by atoms with Gasteiger partial charge >= 0.3 is 11.9 Å². The molecule has 1 rings (SSSR count). The minimum Gasteiger partial charge on any atom is -0.467 e. The molecule has 19 heavy (non-hydrogen) atoms. The van der Waals surface area contributed by atoms with Gasteiger partial charge in [0.1, 0.15) is 0 Å². The highest BCUT2D eigenvalue weighted by atomic mass is 16.6. The maximum atomic E-state index is 11.3. The van der Waals surface area contributed by atoms with Gasteiger partial charge in [-0.15, -0.1) is 0 Å². The number of esters is 2. The Labute approximate surface area is 111 Å². The monoisotopic (exact) mass is 264 g/mol. The summed E-state index contributed by atoms with van der Waals surface area (Å²) in [4.78, 5) is 22.6. The van der Waals surface area contributed by atoms with Crippen LogP contribution in [0.2, 0.25) is 0 Å². The van der Waals surface area contributed by atoms with Gasteiger partial charge in [-0.25, -0.2) is 9.59 Å². The van der Waals surface area contributed by atoms with Crippen molar-refractivity contribution in [2.45, 2.75) is 6.10 Å². The summed E-state index contributed by atoms with van der Waals surface area (Å²) in [6.45, 7) is 0.101. The van der Waals surface area contributed by atoms with Crippen LogP contribution in [0.15, 0.2) is 36.4 Å². The maximum Gasteiger partial charge on any atom is 0.346 e. The average Bonchev–Trinajstić information content (AvgIpc) is 2.47. The fourth-order valence-corrected chi connectivity index (χ4v) is 1.35. The second-order valence-electron chi connectivity index (χ2n) is 3.57. The van der Waals surface area contributed by atoms with Gasteiger partial charge in [0, 0.05) is 0 Å². The van der Waals surface area contributed by atoms with Crippen LogP contribution in [-0.4, -0.2) is 38.9 Å². The lowest BCUT2D eigenvalue weighted by Gasteiger charge is -2.11. The van der Waals surface area contributed by atoms with E-state index in [4.69, 9.17) is 4.74 Å². The van der Waals surface area contributed by atoms with Gasteiger partial charge in [-0.1, -0.05) is 42.5 Å². The summed E-state index contributed by atoms with van der Waals surface area (Å²) in [5.74, 6) is -1.56. The third-order valence-electron chi connectivity index (χ3n) is 2.30. The number of carbonyl (C=O) groups excluding carboxylic acids is 2. The van der Waals surface area contributed by atoms with E-state index in [1.807, 2.05) is 36.4 Å². The molecule has 0 unspecified atom stereocenters. The first-order valence-electron chi connectivity index (χ1n) is 5.68. The van der Waals surface area contributed by atoms with Gasteiger partial charge in [0.05, 0.1) is 20.8 Å². The lowest BCUT2D eigenvalue weighted by Crippen LogP contribution is -2.35. The Kier molecular flexibility index (Phi) is 6.32. The van der Waals surface area contributed by atoms with Crippen molar-refractivity contribution in [3.63, 3.8) is 0 Å². The lowest BCUT2D eigenvalue weighted by atomic mass is 10.2. The Morgan fingerprint density at radius 1 is 1.11 bits per heavy atom. The molecule has 0 saturated carbocycles. The molecule has 0 aromatic heterocycles. The van der Waals surface area contributed by atoms with Crippen molar-refractivity contribution >= 4 is 18.0 Å². The van der Waals surface area contributed by atoms with Crippen molar-refractivity contribution < 1.29 is 23.8 Å². The zero-order valence-corrected chi connectivity index (χ0v) is 10.9. The van der Waals surface area contributed by atoms with Crippen LogP contribution in [-0.2, 0) is 23.8 Å². The van der Waals surface area contributed by atoms with Crippen molar-refractivity contribution in [3.05, 3.63) is 42.0 Å². The molecule has 0 spiro atoms. The van der Waals surface area contributed by atoms with E-state index >= 15 is 0 Å². The van der Waals surface area contributed by atoms with Crippen LogP contribution in [0.3, 0.4) is 0 Å².